The first-order valence-corrected chi connectivity index (χ1v) is 9.76. The highest BCUT2D eigenvalue weighted by Crippen LogP contribution is 2.29. The Kier molecular flexibility index (Phi) is 6.31. The van der Waals surface area contributed by atoms with Crippen molar-refractivity contribution in [1.29, 1.82) is 0 Å². The van der Waals surface area contributed by atoms with Crippen molar-refractivity contribution in [3.63, 3.8) is 0 Å². The summed E-state index contributed by atoms with van der Waals surface area (Å²) in [5.74, 6) is -0.587. The first kappa shape index (κ1) is 17.0. The molecule has 1 heterocycles. The van der Waals surface area contributed by atoms with Gasteiger partial charge in [-0.15, -0.1) is 11.3 Å². The van der Waals surface area contributed by atoms with Crippen molar-refractivity contribution >= 4 is 55.0 Å². The molecule has 0 spiro atoms. The average molecular weight is 388 g/mol. The van der Waals surface area contributed by atoms with Crippen LogP contribution in [0.5, 0.6) is 0 Å². The molecule has 0 aliphatic rings. The Morgan fingerprint density at radius 1 is 1.63 bits per heavy atom. The van der Waals surface area contributed by atoms with Crippen molar-refractivity contribution in [3.8, 4) is 0 Å². The van der Waals surface area contributed by atoms with Gasteiger partial charge in [-0.3, -0.25) is 4.79 Å². The molecule has 0 aromatic carbocycles. The van der Waals surface area contributed by atoms with Gasteiger partial charge in [0.25, 0.3) is 0 Å². The van der Waals surface area contributed by atoms with Gasteiger partial charge in [-0.25, -0.2) is 8.42 Å². The number of nitrogens with one attached hydrogen (secondary N) is 1. The third-order valence-corrected chi connectivity index (χ3v) is 6.26. The molecule has 1 unspecified atom stereocenters. The molecule has 2 N–H and O–H groups in total. The van der Waals surface area contributed by atoms with E-state index in [0.717, 1.165) is 0 Å². The van der Waals surface area contributed by atoms with Crippen LogP contribution in [0, 0.1) is 6.92 Å². The molecule has 0 bridgehead atoms. The third-order valence-electron chi connectivity index (χ3n) is 2.34. The summed E-state index contributed by atoms with van der Waals surface area (Å²) in [6, 6.07) is 0.381. The molecule has 9 heteroatoms. The van der Waals surface area contributed by atoms with Crippen LogP contribution in [0.2, 0.25) is 0 Å². The Hall–Kier alpha value is -0.0900. The van der Waals surface area contributed by atoms with E-state index in [1.54, 1.807) is 6.92 Å². The maximum Gasteiger partial charge on any atom is 0.321 e. The predicted molar refractivity (Wildman–Crippen MR) is 81.5 cm³/mol. The largest absolute Gasteiger partial charge is 0.480 e. The van der Waals surface area contributed by atoms with Gasteiger partial charge in [0.1, 0.15) is 6.04 Å². The lowest BCUT2D eigenvalue weighted by molar-refractivity contribution is -0.139. The smallest absolute Gasteiger partial charge is 0.321 e. The van der Waals surface area contributed by atoms with Gasteiger partial charge in [-0.1, -0.05) is 0 Å². The minimum atomic E-state index is -3.80. The number of hydrogen-bond acceptors (Lipinski definition) is 5. The minimum absolute atomic E-state index is 0.125. The fourth-order valence-electron chi connectivity index (χ4n) is 1.42. The number of hydrogen-bond donors (Lipinski definition) is 2. The monoisotopic (exact) mass is 387 g/mol. The standard InChI is InChI=1S/C10H14BrNO4S3/c1-6-8(5-9(11)18-6)19(15,16)12-7(10(13)14)3-4-17-2/h5,7,12H,3-4H2,1-2H3,(H,13,14). The van der Waals surface area contributed by atoms with Crippen LogP contribution < -0.4 is 4.72 Å². The zero-order chi connectivity index (χ0) is 14.6. The van der Waals surface area contributed by atoms with E-state index in [-0.39, 0.29) is 11.3 Å². The van der Waals surface area contributed by atoms with Gasteiger partial charge >= 0.3 is 5.97 Å². The van der Waals surface area contributed by atoms with Crippen molar-refractivity contribution < 1.29 is 18.3 Å². The van der Waals surface area contributed by atoms with Gasteiger partial charge in [-0.2, -0.15) is 16.5 Å². The molecular formula is C10H14BrNO4S3. The van der Waals surface area contributed by atoms with Crippen LogP contribution in [-0.2, 0) is 14.8 Å². The first-order valence-electron chi connectivity index (χ1n) is 5.28. The number of aryl methyl sites for hydroxylation is 1. The molecule has 0 amide bonds. The third kappa shape index (κ3) is 4.75. The molecule has 1 atom stereocenters. The van der Waals surface area contributed by atoms with Gasteiger partial charge < -0.3 is 5.11 Å². The molecule has 5 nitrogen and oxygen atoms in total. The second kappa shape index (κ2) is 7.07. The second-order valence-electron chi connectivity index (χ2n) is 3.76. The zero-order valence-corrected chi connectivity index (χ0v) is 14.4. The van der Waals surface area contributed by atoms with Crippen molar-refractivity contribution in [2.24, 2.45) is 0 Å². The highest BCUT2D eigenvalue weighted by Gasteiger charge is 2.27. The summed E-state index contributed by atoms with van der Waals surface area (Å²) in [5.41, 5.74) is 0. The summed E-state index contributed by atoms with van der Waals surface area (Å²) >= 11 is 5.99. The molecule has 0 saturated carbocycles. The van der Waals surface area contributed by atoms with Crippen molar-refractivity contribution in [1.82, 2.24) is 4.72 Å². The Morgan fingerprint density at radius 3 is 2.68 bits per heavy atom. The number of thioether (sulfide) groups is 1. The number of rotatable bonds is 7. The van der Waals surface area contributed by atoms with Crippen LogP contribution in [0.1, 0.15) is 11.3 Å². The molecule has 0 fully saturated rings. The summed E-state index contributed by atoms with van der Waals surface area (Å²) in [7, 11) is -3.80. The average Bonchev–Trinajstić information content (AvgIpc) is 2.64. The molecule has 0 saturated heterocycles. The second-order valence-corrected chi connectivity index (χ2v) is 9.07. The molecule has 1 aromatic rings. The normalized spacial score (nSPS) is 13.4. The minimum Gasteiger partial charge on any atom is -0.480 e. The summed E-state index contributed by atoms with van der Waals surface area (Å²) in [4.78, 5) is 11.8. The van der Waals surface area contributed by atoms with E-state index in [1.165, 1.54) is 29.2 Å². The number of thiophene rings is 1. The summed E-state index contributed by atoms with van der Waals surface area (Å²) in [5, 5.41) is 9.04. The Bertz CT molecular complexity index is 555. The number of carbonyl (C=O) groups is 1. The van der Waals surface area contributed by atoms with Crippen LogP contribution in [0.25, 0.3) is 0 Å². The van der Waals surface area contributed by atoms with E-state index in [4.69, 9.17) is 5.11 Å². The lowest BCUT2D eigenvalue weighted by Crippen LogP contribution is -2.41. The molecule has 19 heavy (non-hydrogen) atoms. The number of carboxylic acid groups (broad SMARTS) is 1. The van der Waals surface area contributed by atoms with Crippen LogP contribution in [-0.4, -0.2) is 37.5 Å². The molecular weight excluding hydrogens is 374 g/mol. The fraction of sp³-hybridized carbons (Fsp3) is 0.500. The Balaban J connectivity index is 2.94. The Morgan fingerprint density at radius 2 is 2.26 bits per heavy atom. The van der Waals surface area contributed by atoms with Gasteiger partial charge in [0.15, 0.2) is 0 Å². The number of aliphatic carboxylic acids is 1. The highest BCUT2D eigenvalue weighted by atomic mass is 79.9. The van der Waals surface area contributed by atoms with E-state index >= 15 is 0 Å². The maximum absolute atomic E-state index is 12.1. The molecule has 0 aliphatic heterocycles. The zero-order valence-electron chi connectivity index (χ0n) is 10.3. The van der Waals surface area contributed by atoms with Crippen LogP contribution >= 0.6 is 39.0 Å². The SMILES string of the molecule is CSCCC(NS(=O)(=O)c1cc(Br)sc1C)C(=O)O. The molecule has 0 radical (unpaired) electrons. The fourth-order valence-corrected chi connectivity index (χ4v) is 5.53. The summed E-state index contributed by atoms with van der Waals surface area (Å²) in [6.45, 7) is 1.68. The van der Waals surface area contributed by atoms with Crippen LogP contribution in [0.15, 0.2) is 14.7 Å². The van der Waals surface area contributed by atoms with Gasteiger partial charge in [0, 0.05) is 4.88 Å². The van der Waals surface area contributed by atoms with Gasteiger partial charge in [0.2, 0.25) is 10.0 Å². The summed E-state index contributed by atoms with van der Waals surface area (Å²) < 4.78 is 27.2. The predicted octanol–water partition coefficient (Wildman–Crippen LogP) is 2.30. The molecule has 1 aromatic heterocycles. The van der Waals surface area contributed by atoms with E-state index in [1.807, 2.05) is 6.26 Å². The number of sulfonamides is 1. The highest BCUT2D eigenvalue weighted by molar-refractivity contribution is 9.11. The lowest BCUT2D eigenvalue weighted by atomic mass is 10.2. The number of halogens is 1. The molecule has 1 rings (SSSR count). The van der Waals surface area contributed by atoms with E-state index in [2.05, 4.69) is 20.7 Å². The van der Waals surface area contributed by atoms with Crippen molar-refractivity contribution in [2.75, 3.05) is 12.0 Å². The van der Waals surface area contributed by atoms with Crippen LogP contribution in [0.4, 0.5) is 0 Å². The van der Waals surface area contributed by atoms with Gasteiger partial charge in [0.05, 0.1) is 8.68 Å². The lowest BCUT2D eigenvalue weighted by Gasteiger charge is -2.14. The van der Waals surface area contributed by atoms with Crippen LogP contribution in [0.3, 0.4) is 0 Å². The molecule has 108 valence electrons. The number of carboxylic acids is 1. The summed E-state index contributed by atoms with van der Waals surface area (Å²) in [6.07, 6.45) is 2.09. The maximum atomic E-state index is 12.1. The first-order chi connectivity index (χ1) is 8.77. The van der Waals surface area contributed by atoms with E-state index in [0.29, 0.717) is 14.4 Å². The Labute approximate surface area is 129 Å². The topological polar surface area (TPSA) is 83.5 Å². The molecule has 0 aliphatic carbocycles. The van der Waals surface area contributed by atoms with E-state index < -0.39 is 22.0 Å². The van der Waals surface area contributed by atoms with Gasteiger partial charge in [-0.05, 0) is 47.3 Å². The van der Waals surface area contributed by atoms with E-state index in [9.17, 15) is 13.2 Å². The quantitative estimate of drug-likeness (QED) is 0.749. The van der Waals surface area contributed by atoms with Crippen molar-refractivity contribution in [2.45, 2.75) is 24.3 Å². The van der Waals surface area contributed by atoms with Crippen molar-refractivity contribution in [3.05, 3.63) is 14.7 Å².